The first kappa shape index (κ1) is 16.3. The Morgan fingerprint density at radius 1 is 1.40 bits per heavy atom. The molecule has 0 saturated carbocycles. The van der Waals surface area contributed by atoms with Gasteiger partial charge in [-0.25, -0.2) is 0 Å². The number of carbonyl (C=O) groups is 1. The number of guanidine groups is 1. The number of methoxy groups -OCH3 is 1. The van der Waals surface area contributed by atoms with E-state index in [1.54, 1.807) is 24.3 Å². The molecule has 0 unspecified atom stereocenters. The number of nitriles is 1. The van der Waals surface area contributed by atoms with Gasteiger partial charge in [-0.1, -0.05) is 12.1 Å². The molecule has 2 aromatic rings. The van der Waals surface area contributed by atoms with Gasteiger partial charge in [-0.3, -0.25) is 15.1 Å². The number of amides is 1. The highest BCUT2D eigenvalue weighted by Gasteiger charge is 2.23. The molecule has 0 radical (unpaired) electrons. The molecule has 1 amide bonds. The molecular formula is C18H16N4O3. The molecule has 1 aliphatic rings. The average molecular weight is 336 g/mol. The predicted octanol–water partition coefficient (Wildman–Crippen LogP) is 1.63. The second kappa shape index (κ2) is 6.93. The van der Waals surface area contributed by atoms with Crippen LogP contribution < -0.4 is 15.4 Å². The van der Waals surface area contributed by atoms with E-state index in [0.717, 1.165) is 0 Å². The van der Waals surface area contributed by atoms with Crippen LogP contribution in [0.25, 0.3) is 11.1 Å². The first-order chi connectivity index (χ1) is 12.1. The minimum Gasteiger partial charge on any atom is -0.507 e. The summed E-state index contributed by atoms with van der Waals surface area (Å²) in [5.41, 5.74) is 1.23. The van der Waals surface area contributed by atoms with Crippen LogP contribution in [0.15, 0.2) is 41.4 Å². The minimum absolute atomic E-state index is 0.0173. The fraction of sp³-hybridized carbons (Fsp3) is 0.167. The van der Waals surface area contributed by atoms with E-state index >= 15 is 0 Å². The summed E-state index contributed by atoms with van der Waals surface area (Å²) >= 11 is 0. The Balaban J connectivity index is 2.13. The smallest absolute Gasteiger partial charge is 0.262 e. The van der Waals surface area contributed by atoms with Gasteiger partial charge >= 0.3 is 0 Å². The molecular weight excluding hydrogens is 320 g/mol. The second-order valence-corrected chi connectivity index (χ2v) is 5.34. The molecule has 0 saturated heterocycles. The average Bonchev–Trinajstić information content (AvgIpc) is 3.14. The van der Waals surface area contributed by atoms with Crippen molar-refractivity contribution in [2.24, 2.45) is 4.99 Å². The van der Waals surface area contributed by atoms with Crippen molar-refractivity contribution in [3.05, 3.63) is 47.5 Å². The summed E-state index contributed by atoms with van der Waals surface area (Å²) in [6, 6.07) is 11.9. The molecule has 0 fully saturated rings. The number of phenols is 1. The van der Waals surface area contributed by atoms with Crippen molar-refractivity contribution in [2.45, 2.75) is 0 Å². The van der Waals surface area contributed by atoms with Crippen LogP contribution in [-0.4, -0.2) is 37.2 Å². The Labute approximate surface area is 144 Å². The number of rotatable bonds is 3. The van der Waals surface area contributed by atoms with Crippen molar-refractivity contribution in [1.82, 2.24) is 10.6 Å². The van der Waals surface area contributed by atoms with Crippen molar-refractivity contribution < 1.29 is 14.6 Å². The van der Waals surface area contributed by atoms with Crippen LogP contribution in [0, 0.1) is 11.3 Å². The van der Waals surface area contributed by atoms with E-state index in [9.17, 15) is 15.2 Å². The second-order valence-electron chi connectivity index (χ2n) is 5.34. The molecule has 2 aromatic carbocycles. The molecule has 7 nitrogen and oxygen atoms in total. The van der Waals surface area contributed by atoms with Gasteiger partial charge in [0.15, 0.2) is 5.96 Å². The van der Waals surface area contributed by atoms with Crippen molar-refractivity contribution in [1.29, 1.82) is 5.26 Å². The quantitative estimate of drug-likeness (QED) is 0.790. The van der Waals surface area contributed by atoms with Gasteiger partial charge in [0.25, 0.3) is 5.91 Å². The van der Waals surface area contributed by atoms with Gasteiger partial charge in [-0.15, -0.1) is 0 Å². The Kier molecular flexibility index (Phi) is 4.53. The highest BCUT2D eigenvalue weighted by Crippen LogP contribution is 2.34. The number of benzene rings is 2. The van der Waals surface area contributed by atoms with Crippen LogP contribution in [0.1, 0.15) is 15.9 Å². The van der Waals surface area contributed by atoms with E-state index in [1.807, 2.05) is 0 Å². The van der Waals surface area contributed by atoms with Gasteiger partial charge in [-0.05, 0) is 29.8 Å². The van der Waals surface area contributed by atoms with E-state index in [2.05, 4.69) is 21.7 Å². The zero-order chi connectivity index (χ0) is 17.8. The summed E-state index contributed by atoms with van der Waals surface area (Å²) in [5, 5.41) is 25.3. The SMILES string of the molecule is COc1cccc(-c2c(C#N)ccc(O)c2C(=O)NC2=NCCN2)c1. The van der Waals surface area contributed by atoms with Crippen LogP contribution in [0.4, 0.5) is 0 Å². The zero-order valence-corrected chi connectivity index (χ0v) is 13.5. The molecule has 1 heterocycles. The molecule has 0 aromatic heterocycles. The Hall–Kier alpha value is -3.53. The Morgan fingerprint density at radius 2 is 2.24 bits per heavy atom. The molecule has 7 heteroatoms. The lowest BCUT2D eigenvalue weighted by Gasteiger charge is -2.14. The van der Waals surface area contributed by atoms with Gasteiger partial charge < -0.3 is 15.2 Å². The summed E-state index contributed by atoms with van der Waals surface area (Å²) in [4.78, 5) is 16.8. The lowest BCUT2D eigenvalue weighted by atomic mass is 9.93. The molecule has 0 spiro atoms. The maximum absolute atomic E-state index is 12.7. The zero-order valence-electron chi connectivity index (χ0n) is 13.5. The summed E-state index contributed by atoms with van der Waals surface area (Å²) < 4.78 is 5.21. The fourth-order valence-corrected chi connectivity index (χ4v) is 2.64. The lowest BCUT2D eigenvalue weighted by Crippen LogP contribution is -2.38. The first-order valence-corrected chi connectivity index (χ1v) is 7.64. The summed E-state index contributed by atoms with van der Waals surface area (Å²) in [5.74, 6) is 0.176. The highest BCUT2D eigenvalue weighted by atomic mass is 16.5. The van der Waals surface area contributed by atoms with Gasteiger partial charge in [-0.2, -0.15) is 5.26 Å². The molecule has 0 bridgehead atoms. The number of phenolic OH excluding ortho intramolecular Hbond substituents is 1. The fourth-order valence-electron chi connectivity index (χ4n) is 2.64. The van der Waals surface area contributed by atoms with Crippen molar-refractivity contribution in [3.8, 4) is 28.7 Å². The van der Waals surface area contributed by atoms with Gasteiger partial charge in [0.05, 0.1) is 30.9 Å². The number of ether oxygens (including phenoxy) is 1. The van der Waals surface area contributed by atoms with E-state index in [-0.39, 0.29) is 16.9 Å². The van der Waals surface area contributed by atoms with Crippen LogP contribution in [0.2, 0.25) is 0 Å². The third-order valence-corrected chi connectivity index (χ3v) is 3.80. The minimum atomic E-state index is -0.541. The van der Waals surface area contributed by atoms with Gasteiger partial charge in [0.1, 0.15) is 11.5 Å². The van der Waals surface area contributed by atoms with Crippen molar-refractivity contribution in [3.63, 3.8) is 0 Å². The number of hydrogen-bond donors (Lipinski definition) is 3. The third-order valence-electron chi connectivity index (χ3n) is 3.80. The summed E-state index contributed by atoms with van der Waals surface area (Å²) in [6.07, 6.45) is 0. The van der Waals surface area contributed by atoms with Gasteiger partial charge in [0.2, 0.25) is 0 Å². The molecule has 0 atom stereocenters. The standard InChI is InChI=1S/C18H16N4O3/c1-25-13-4-2-3-11(9-13)15-12(10-19)5-6-14(23)16(15)17(24)22-18-20-7-8-21-18/h2-6,9,23H,7-8H2,1H3,(H2,20,21,22,24). The maximum atomic E-state index is 12.7. The molecule has 0 aliphatic carbocycles. The summed E-state index contributed by atoms with van der Waals surface area (Å²) in [6.45, 7) is 1.21. The molecule has 3 N–H and O–H groups in total. The number of hydrogen-bond acceptors (Lipinski definition) is 6. The van der Waals surface area contributed by atoms with Crippen LogP contribution >= 0.6 is 0 Å². The Bertz CT molecular complexity index is 900. The van der Waals surface area contributed by atoms with Crippen molar-refractivity contribution in [2.75, 3.05) is 20.2 Å². The van der Waals surface area contributed by atoms with Gasteiger partial charge in [0, 0.05) is 12.1 Å². The molecule has 25 heavy (non-hydrogen) atoms. The molecule has 3 rings (SSSR count). The van der Waals surface area contributed by atoms with Crippen molar-refractivity contribution >= 4 is 11.9 Å². The lowest BCUT2D eigenvalue weighted by molar-refractivity contribution is 0.0974. The number of aromatic hydroxyl groups is 1. The van der Waals surface area contributed by atoms with E-state index in [1.165, 1.54) is 19.2 Å². The largest absolute Gasteiger partial charge is 0.507 e. The van der Waals surface area contributed by atoms with Crippen LogP contribution in [-0.2, 0) is 0 Å². The highest BCUT2D eigenvalue weighted by molar-refractivity contribution is 6.11. The van der Waals surface area contributed by atoms with Crippen LogP contribution in [0.3, 0.4) is 0 Å². The van der Waals surface area contributed by atoms with Crippen LogP contribution in [0.5, 0.6) is 11.5 Å². The normalized spacial score (nSPS) is 12.7. The topological polar surface area (TPSA) is 107 Å². The number of nitrogens with zero attached hydrogens (tertiary/aromatic N) is 2. The molecule has 1 aliphatic heterocycles. The number of carbonyl (C=O) groups excluding carboxylic acids is 1. The number of aliphatic imine (C=N–C) groups is 1. The van der Waals surface area contributed by atoms with E-state index < -0.39 is 5.91 Å². The summed E-state index contributed by atoms with van der Waals surface area (Å²) in [7, 11) is 1.53. The first-order valence-electron chi connectivity index (χ1n) is 7.64. The molecule has 126 valence electrons. The van der Waals surface area contributed by atoms with E-state index in [4.69, 9.17) is 4.74 Å². The van der Waals surface area contributed by atoms with E-state index in [0.29, 0.717) is 35.9 Å². The third kappa shape index (κ3) is 3.23. The monoisotopic (exact) mass is 336 g/mol. The Morgan fingerprint density at radius 3 is 2.92 bits per heavy atom. The predicted molar refractivity (Wildman–Crippen MR) is 92.6 cm³/mol. The number of nitrogens with one attached hydrogen (secondary N) is 2. The maximum Gasteiger partial charge on any atom is 0.262 e.